The van der Waals surface area contributed by atoms with Crippen LogP contribution in [-0.2, 0) is 22.6 Å². The van der Waals surface area contributed by atoms with E-state index < -0.39 is 0 Å². The lowest BCUT2D eigenvalue weighted by molar-refractivity contribution is -0.134. The second kappa shape index (κ2) is 6.26. The van der Waals surface area contributed by atoms with Gasteiger partial charge in [0.2, 0.25) is 12.3 Å². The zero-order valence-corrected chi connectivity index (χ0v) is 12.2. The number of carbonyl (C=O) groups excluding carboxylic acids is 2. The van der Waals surface area contributed by atoms with E-state index in [-0.39, 0.29) is 5.91 Å². The molecule has 3 rings (SSSR count). The summed E-state index contributed by atoms with van der Waals surface area (Å²) in [6.45, 7) is 5.02. The van der Waals surface area contributed by atoms with Crippen LogP contribution in [0.5, 0.6) is 0 Å². The highest BCUT2D eigenvalue weighted by Crippen LogP contribution is 2.18. The van der Waals surface area contributed by atoms with Crippen LogP contribution in [0.3, 0.4) is 0 Å². The number of benzene rings is 1. The van der Waals surface area contributed by atoms with Gasteiger partial charge in [-0.15, -0.1) is 0 Å². The van der Waals surface area contributed by atoms with E-state index in [1.54, 1.807) is 4.90 Å². The number of fused-ring (bicyclic) bond motifs is 1. The van der Waals surface area contributed by atoms with E-state index in [0.29, 0.717) is 6.54 Å². The molecule has 5 heteroatoms. The zero-order chi connectivity index (χ0) is 14.7. The summed E-state index contributed by atoms with van der Waals surface area (Å²) in [7, 11) is 0. The summed E-state index contributed by atoms with van der Waals surface area (Å²) in [6, 6.07) is 8.35. The molecule has 2 aliphatic heterocycles. The van der Waals surface area contributed by atoms with Gasteiger partial charge in [0, 0.05) is 39.3 Å². The Kier molecular flexibility index (Phi) is 4.20. The second-order valence-corrected chi connectivity index (χ2v) is 5.75. The summed E-state index contributed by atoms with van der Waals surface area (Å²) in [5, 5.41) is 0. The van der Waals surface area contributed by atoms with E-state index in [0.717, 1.165) is 52.1 Å². The van der Waals surface area contributed by atoms with Crippen LogP contribution < -0.4 is 0 Å². The Balaban J connectivity index is 1.54. The van der Waals surface area contributed by atoms with Crippen LogP contribution in [0.2, 0.25) is 0 Å². The van der Waals surface area contributed by atoms with Gasteiger partial charge in [0.05, 0.1) is 6.54 Å². The van der Waals surface area contributed by atoms with Crippen LogP contribution in [0.25, 0.3) is 0 Å². The van der Waals surface area contributed by atoms with Crippen LogP contribution in [0.15, 0.2) is 24.3 Å². The molecule has 0 N–H and O–H groups in total. The van der Waals surface area contributed by atoms with Crippen molar-refractivity contribution >= 4 is 12.3 Å². The van der Waals surface area contributed by atoms with E-state index >= 15 is 0 Å². The minimum absolute atomic E-state index is 0.198. The topological polar surface area (TPSA) is 43.9 Å². The molecule has 0 radical (unpaired) electrons. The fourth-order valence-corrected chi connectivity index (χ4v) is 3.03. The SMILES string of the molecule is O=CN1CCN(CC(=O)N2CCc3ccccc3C2)CC1. The maximum atomic E-state index is 12.4. The summed E-state index contributed by atoms with van der Waals surface area (Å²) in [6.07, 6.45) is 1.83. The number of amides is 2. The number of carbonyl (C=O) groups is 2. The first-order valence-corrected chi connectivity index (χ1v) is 7.52. The van der Waals surface area contributed by atoms with Crippen molar-refractivity contribution in [2.24, 2.45) is 0 Å². The van der Waals surface area contributed by atoms with Crippen molar-refractivity contribution < 1.29 is 9.59 Å². The Labute approximate surface area is 125 Å². The molecule has 0 atom stereocenters. The smallest absolute Gasteiger partial charge is 0.237 e. The first-order valence-electron chi connectivity index (χ1n) is 7.52. The molecule has 1 aromatic carbocycles. The maximum Gasteiger partial charge on any atom is 0.237 e. The quantitative estimate of drug-likeness (QED) is 0.753. The highest BCUT2D eigenvalue weighted by Gasteiger charge is 2.23. The molecule has 1 saturated heterocycles. The van der Waals surface area contributed by atoms with Crippen molar-refractivity contribution in [2.45, 2.75) is 13.0 Å². The molecule has 0 unspecified atom stereocenters. The van der Waals surface area contributed by atoms with Gasteiger partial charge in [0.15, 0.2) is 0 Å². The van der Waals surface area contributed by atoms with Gasteiger partial charge in [0.1, 0.15) is 0 Å². The Morgan fingerprint density at radius 2 is 1.76 bits per heavy atom. The average molecular weight is 287 g/mol. The zero-order valence-electron chi connectivity index (χ0n) is 12.2. The third-order valence-corrected chi connectivity index (χ3v) is 4.40. The van der Waals surface area contributed by atoms with Crippen molar-refractivity contribution in [3.63, 3.8) is 0 Å². The van der Waals surface area contributed by atoms with Gasteiger partial charge in [-0.25, -0.2) is 0 Å². The summed E-state index contributed by atoms with van der Waals surface area (Å²) in [5.74, 6) is 0.198. The molecule has 0 aliphatic carbocycles. The number of hydrogen-bond donors (Lipinski definition) is 0. The lowest BCUT2D eigenvalue weighted by atomic mass is 10.00. The Morgan fingerprint density at radius 3 is 2.48 bits per heavy atom. The molecule has 2 amide bonds. The molecule has 0 bridgehead atoms. The number of piperazine rings is 1. The monoisotopic (exact) mass is 287 g/mol. The van der Waals surface area contributed by atoms with Gasteiger partial charge >= 0.3 is 0 Å². The van der Waals surface area contributed by atoms with Crippen LogP contribution >= 0.6 is 0 Å². The van der Waals surface area contributed by atoms with Gasteiger partial charge in [-0.1, -0.05) is 24.3 Å². The predicted molar refractivity (Wildman–Crippen MR) is 79.6 cm³/mol. The van der Waals surface area contributed by atoms with Gasteiger partial charge < -0.3 is 9.80 Å². The maximum absolute atomic E-state index is 12.4. The van der Waals surface area contributed by atoms with E-state index in [4.69, 9.17) is 0 Å². The van der Waals surface area contributed by atoms with Gasteiger partial charge in [-0.05, 0) is 17.5 Å². The second-order valence-electron chi connectivity index (χ2n) is 5.75. The molecule has 5 nitrogen and oxygen atoms in total. The van der Waals surface area contributed by atoms with Crippen LogP contribution in [0.4, 0.5) is 0 Å². The first kappa shape index (κ1) is 14.1. The number of nitrogens with zero attached hydrogens (tertiary/aromatic N) is 3. The molecule has 2 heterocycles. The van der Waals surface area contributed by atoms with Crippen LogP contribution in [0, 0.1) is 0 Å². The Bertz CT molecular complexity index is 524. The lowest BCUT2D eigenvalue weighted by Gasteiger charge is -2.35. The molecule has 112 valence electrons. The minimum atomic E-state index is 0.198. The highest BCUT2D eigenvalue weighted by atomic mass is 16.2. The summed E-state index contributed by atoms with van der Waals surface area (Å²) in [5.41, 5.74) is 2.63. The number of rotatable bonds is 3. The summed E-state index contributed by atoms with van der Waals surface area (Å²) >= 11 is 0. The molecule has 1 aromatic rings. The molecule has 1 fully saturated rings. The molecule has 0 aromatic heterocycles. The average Bonchev–Trinajstić information content (AvgIpc) is 2.55. The fraction of sp³-hybridized carbons (Fsp3) is 0.500. The Hall–Kier alpha value is -1.88. The summed E-state index contributed by atoms with van der Waals surface area (Å²) in [4.78, 5) is 29.0. The largest absolute Gasteiger partial charge is 0.343 e. The summed E-state index contributed by atoms with van der Waals surface area (Å²) < 4.78 is 0. The third-order valence-electron chi connectivity index (χ3n) is 4.40. The molecular weight excluding hydrogens is 266 g/mol. The lowest BCUT2D eigenvalue weighted by Crippen LogP contribution is -2.50. The highest BCUT2D eigenvalue weighted by molar-refractivity contribution is 5.78. The predicted octanol–water partition coefficient (Wildman–Crippen LogP) is 0.345. The van der Waals surface area contributed by atoms with E-state index in [9.17, 15) is 9.59 Å². The van der Waals surface area contributed by atoms with Crippen LogP contribution in [-0.4, -0.2) is 66.3 Å². The minimum Gasteiger partial charge on any atom is -0.343 e. The number of hydrogen-bond acceptors (Lipinski definition) is 3. The first-order chi connectivity index (χ1) is 10.3. The van der Waals surface area contributed by atoms with E-state index in [1.165, 1.54) is 11.1 Å². The van der Waals surface area contributed by atoms with Crippen molar-refractivity contribution in [2.75, 3.05) is 39.3 Å². The molecule has 21 heavy (non-hydrogen) atoms. The van der Waals surface area contributed by atoms with Crippen LogP contribution in [0.1, 0.15) is 11.1 Å². The Morgan fingerprint density at radius 1 is 1.05 bits per heavy atom. The van der Waals surface area contributed by atoms with Crippen molar-refractivity contribution in [3.8, 4) is 0 Å². The van der Waals surface area contributed by atoms with Crippen molar-refractivity contribution in [1.82, 2.24) is 14.7 Å². The normalized spacial score (nSPS) is 19.2. The van der Waals surface area contributed by atoms with Gasteiger partial charge in [0.25, 0.3) is 0 Å². The molecule has 0 spiro atoms. The van der Waals surface area contributed by atoms with E-state index in [1.807, 2.05) is 11.0 Å². The molecular formula is C16H21N3O2. The molecule has 0 saturated carbocycles. The standard InChI is InChI=1S/C16H21N3O2/c20-13-18-9-7-17(8-10-18)12-16(21)19-6-5-14-3-1-2-4-15(14)11-19/h1-4,13H,5-12H2. The van der Waals surface area contributed by atoms with Gasteiger partial charge in [-0.3, -0.25) is 14.5 Å². The fourth-order valence-electron chi connectivity index (χ4n) is 3.03. The van der Waals surface area contributed by atoms with Crippen molar-refractivity contribution in [1.29, 1.82) is 0 Å². The van der Waals surface area contributed by atoms with Gasteiger partial charge in [-0.2, -0.15) is 0 Å². The third kappa shape index (κ3) is 3.24. The molecule has 2 aliphatic rings. The van der Waals surface area contributed by atoms with Crippen molar-refractivity contribution in [3.05, 3.63) is 35.4 Å². The van der Waals surface area contributed by atoms with E-state index in [2.05, 4.69) is 23.1 Å².